The number of hydrogen-bond donors (Lipinski definition) is 0. The fourth-order valence-electron chi connectivity index (χ4n) is 1.47. The third kappa shape index (κ3) is 1.33. The van der Waals surface area contributed by atoms with Crippen LogP contribution in [0, 0.1) is 11.6 Å². The Morgan fingerprint density at radius 2 is 2.23 bits per heavy atom. The predicted molar refractivity (Wildman–Crippen MR) is 47.9 cm³/mol. The Balaban J connectivity index is 2.62. The van der Waals surface area contributed by atoms with E-state index in [1.54, 1.807) is 6.92 Å². The molecule has 0 N–H and O–H groups in total. The molecular weight excluding hydrogens is 242 g/mol. The number of benzene rings is 1. The first-order chi connectivity index (χ1) is 6.09. The molecule has 0 bridgehead atoms. The molecule has 0 spiro atoms. The van der Waals surface area contributed by atoms with Crippen LogP contribution in [0.3, 0.4) is 0 Å². The highest BCUT2D eigenvalue weighted by molar-refractivity contribution is 9.10. The molecule has 1 aromatic carbocycles. The summed E-state index contributed by atoms with van der Waals surface area (Å²) in [6.45, 7) is 1.78. The van der Waals surface area contributed by atoms with E-state index in [2.05, 4.69) is 15.9 Å². The van der Waals surface area contributed by atoms with Crippen LogP contribution in [0.2, 0.25) is 0 Å². The van der Waals surface area contributed by atoms with Crippen LogP contribution in [-0.4, -0.2) is 6.10 Å². The van der Waals surface area contributed by atoms with Crippen molar-refractivity contribution >= 4 is 15.9 Å². The molecule has 1 heterocycles. The van der Waals surface area contributed by atoms with E-state index < -0.39 is 11.6 Å². The van der Waals surface area contributed by atoms with Crippen LogP contribution in [0.5, 0.6) is 5.75 Å². The molecule has 0 fully saturated rings. The number of ether oxygens (including phenoxy) is 1. The molecule has 1 aromatic rings. The second kappa shape index (κ2) is 2.94. The number of fused-ring (bicyclic) bond motifs is 1. The van der Waals surface area contributed by atoms with Crippen molar-refractivity contribution in [2.75, 3.05) is 0 Å². The summed E-state index contributed by atoms with van der Waals surface area (Å²) in [5.74, 6) is -0.860. The van der Waals surface area contributed by atoms with Gasteiger partial charge in [0.15, 0.2) is 11.6 Å². The van der Waals surface area contributed by atoms with Crippen molar-refractivity contribution in [2.24, 2.45) is 0 Å². The first-order valence-corrected chi connectivity index (χ1v) is 4.72. The third-order valence-corrected chi connectivity index (χ3v) is 2.61. The molecule has 1 aliphatic heterocycles. The van der Waals surface area contributed by atoms with Crippen molar-refractivity contribution < 1.29 is 13.5 Å². The van der Waals surface area contributed by atoms with Gasteiger partial charge in [0.2, 0.25) is 0 Å². The van der Waals surface area contributed by atoms with Crippen LogP contribution in [0.4, 0.5) is 8.78 Å². The van der Waals surface area contributed by atoms with E-state index in [0.29, 0.717) is 12.0 Å². The van der Waals surface area contributed by atoms with Gasteiger partial charge >= 0.3 is 0 Å². The largest absolute Gasteiger partial charge is 0.487 e. The average molecular weight is 249 g/mol. The van der Waals surface area contributed by atoms with Gasteiger partial charge in [-0.25, -0.2) is 8.78 Å². The zero-order valence-corrected chi connectivity index (χ0v) is 8.49. The molecule has 4 heteroatoms. The lowest BCUT2D eigenvalue weighted by Crippen LogP contribution is -2.05. The minimum absolute atomic E-state index is 0.0631. The van der Waals surface area contributed by atoms with Crippen molar-refractivity contribution in [1.29, 1.82) is 0 Å². The lowest BCUT2D eigenvalue weighted by Gasteiger charge is -2.04. The topological polar surface area (TPSA) is 9.23 Å². The van der Waals surface area contributed by atoms with Crippen molar-refractivity contribution in [3.05, 3.63) is 27.7 Å². The van der Waals surface area contributed by atoms with Crippen LogP contribution >= 0.6 is 15.9 Å². The van der Waals surface area contributed by atoms with Gasteiger partial charge < -0.3 is 4.74 Å². The zero-order valence-electron chi connectivity index (χ0n) is 6.90. The minimum Gasteiger partial charge on any atom is -0.487 e. The van der Waals surface area contributed by atoms with Gasteiger partial charge in [-0.2, -0.15) is 0 Å². The highest BCUT2D eigenvalue weighted by Crippen LogP contribution is 2.36. The predicted octanol–water partition coefficient (Wildman–Crippen LogP) is 3.05. The van der Waals surface area contributed by atoms with E-state index in [4.69, 9.17) is 4.74 Å². The molecule has 1 unspecified atom stereocenters. The van der Waals surface area contributed by atoms with Gasteiger partial charge in [0, 0.05) is 12.0 Å². The monoisotopic (exact) mass is 248 g/mol. The summed E-state index contributed by atoms with van der Waals surface area (Å²) in [7, 11) is 0. The number of rotatable bonds is 0. The minimum atomic E-state index is -0.507. The molecule has 0 radical (unpaired) electrons. The molecule has 0 aliphatic carbocycles. The van der Waals surface area contributed by atoms with Crippen molar-refractivity contribution in [3.8, 4) is 5.75 Å². The standard InChI is InChI=1S/C9H7BrF2O/c1-4-2-5-8(12)6(10)3-7(11)9(5)13-4/h3-4H,2H2,1H3. The maximum absolute atomic E-state index is 13.4. The van der Waals surface area contributed by atoms with Gasteiger partial charge in [-0.05, 0) is 28.9 Å². The van der Waals surface area contributed by atoms with Crippen LogP contribution in [-0.2, 0) is 6.42 Å². The summed E-state index contributed by atoms with van der Waals surface area (Å²) in [5, 5.41) is 0. The summed E-state index contributed by atoms with van der Waals surface area (Å²) in [6, 6.07) is 1.09. The highest BCUT2D eigenvalue weighted by atomic mass is 79.9. The van der Waals surface area contributed by atoms with Crippen LogP contribution < -0.4 is 4.74 Å². The van der Waals surface area contributed by atoms with Gasteiger partial charge in [-0.3, -0.25) is 0 Å². The van der Waals surface area contributed by atoms with Crippen LogP contribution in [0.1, 0.15) is 12.5 Å². The van der Waals surface area contributed by atoms with Gasteiger partial charge in [0.25, 0.3) is 0 Å². The van der Waals surface area contributed by atoms with Gasteiger partial charge in [0.05, 0.1) is 4.47 Å². The van der Waals surface area contributed by atoms with E-state index in [0.717, 1.165) is 6.07 Å². The SMILES string of the molecule is CC1Cc2c(F)c(Br)cc(F)c2O1. The Labute approximate surface area is 82.8 Å². The molecule has 0 saturated heterocycles. The molecule has 1 aliphatic rings. The quantitative estimate of drug-likeness (QED) is 0.642. The maximum Gasteiger partial charge on any atom is 0.166 e. The zero-order chi connectivity index (χ0) is 9.59. The maximum atomic E-state index is 13.4. The summed E-state index contributed by atoms with van der Waals surface area (Å²) in [5.41, 5.74) is 0.333. The van der Waals surface area contributed by atoms with E-state index in [1.165, 1.54) is 0 Å². The second-order valence-electron chi connectivity index (χ2n) is 3.09. The van der Waals surface area contributed by atoms with Crippen LogP contribution in [0.25, 0.3) is 0 Å². The Bertz CT molecular complexity index is 365. The fourth-order valence-corrected chi connectivity index (χ4v) is 1.91. The lowest BCUT2D eigenvalue weighted by molar-refractivity contribution is 0.245. The molecular formula is C9H7BrF2O. The molecule has 13 heavy (non-hydrogen) atoms. The van der Waals surface area contributed by atoms with Gasteiger partial charge in [-0.15, -0.1) is 0 Å². The van der Waals surface area contributed by atoms with Gasteiger partial charge in [0.1, 0.15) is 11.9 Å². The second-order valence-corrected chi connectivity index (χ2v) is 3.95. The fraction of sp³-hybridized carbons (Fsp3) is 0.333. The Morgan fingerprint density at radius 3 is 2.92 bits per heavy atom. The molecule has 1 atom stereocenters. The average Bonchev–Trinajstić information content (AvgIpc) is 2.44. The van der Waals surface area contributed by atoms with Crippen LogP contribution in [0.15, 0.2) is 10.5 Å². The normalized spacial score (nSPS) is 19.8. The highest BCUT2D eigenvalue weighted by Gasteiger charge is 2.27. The Morgan fingerprint density at radius 1 is 1.54 bits per heavy atom. The summed E-state index contributed by atoms with van der Waals surface area (Å²) in [6.07, 6.45) is 0.283. The summed E-state index contributed by atoms with van der Waals surface area (Å²) in [4.78, 5) is 0. The molecule has 1 nitrogen and oxygen atoms in total. The van der Waals surface area contributed by atoms with Crippen molar-refractivity contribution in [2.45, 2.75) is 19.4 Å². The van der Waals surface area contributed by atoms with E-state index >= 15 is 0 Å². The summed E-state index contributed by atoms with van der Waals surface area (Å²) < 4.78 is 31.8. The first kappa shape index (κ1) is 8.94. The van der Waals surface area contributed by atoms with E-state index in [9.17, 15) is 8.78 Å². The molecule has 0 saturated carbocycles. The van der Waals surface area contributed by atoms with E-state index in [1.807, 2.05) is 0 Å². The first-order valence-electron chi connectivity index (χ1n) is 3.92. The van der Waals surface area contributed by atoms with Gasteiger partial charge in [-0.1, -0.05) is 0 Å². The smallest absolute Gasteiger partial charge is 0.166 e. The molecule has 2 rings (SSSR count). The Hall–Kier alpha value is -0.640. The molecule has 0 amide bonds. The molecule has 0 aromatic heterocycles. The number of hydrogen-bond acceptors (Lipinski definition) is 1. The van der Waals surface area contributed by atoms with Crippen molar-refractivity contribution in [1.82, 2.24) is 0 Å². The van der Waals surface area contributed by atoms with E-state index in [-0.39, 0.29) is 16.3 Å². The number of halogens is 3. The Kier molecular flexibility index (Phi) is 2.02. The molecule has 70 valence electrons. The lowest BCUT2D eigenvalue weighted by atomic mass is 10.1. The van der Waals surface area contributed by atoms with Crippen molar-refractivity contribution in [3.63, 3.8) is 0 Å². The third-order valence-electron chi connectivity index (χ3n) is 2.03. The summed E-state index contributed by atoms with van der Waals surface area (Å²) >= 11 is 2.95.